The highest BCUT2D eigenvalue weighted by Gasteiger charge is 2.31. The maximum atomic E-state index is 13.4. The molecule has 1 fully saturated rings. The Labute approximate surface area is 228 Å². The van der Waals surface area contributed by atoms with Crippen molar-refractivity contribution in [3.63, 3.8) is 0 Å². The van der Waals surface area contributed by atoms with E-state index in [4.69, 9.17) is 11.6 Å². The van der Waals surface area contributed by atoms with Gasteiger partial charge in [-0.05, 0) is 73.7 Å². The van der Waals surface area contributed by atoms with Crippen LogP contribution in [0.1, 0.15) is 21.8 Å². The molecule has 3 heterocycles. The fraction of sp³-hybridized carbons (Fsp3) is 0.360. The molecule has 2 aliphatic heterocycles. The minimum atomic E-state index is -0.177. The highest BCUT2D eigenvalue weighted by atomic mass is 35.5. The first-order chi connectivity index (χ1) is 16.6. The van der Waals surface area contributed by atoms with Crippen LogP contribution in [0.5, 0.6) is 0 Å². The molecule has 8 nitrogen and oxygen atoms in total. The number of aromatic nitrogens is 1. The van der Waals surface area contributed by atoms with Gasteiger partial charge in [0.2, 0.25) is 5.91 Å². The molecule has 0 saturated carbocycles. The highest BCUT2D eigenvalue weighted by molar-refractivity contribution is 8.00. The lowest BCUT2D eigenvalue weighted by Gasteiger charge is -2.41. The summed E-state index contributed by atoms with van der Waals surface area (Å²) in [5.74, 6) is 0.208. The van der Waals surface area contributed by atoms with Gasteiger partial charge in [-0.25, -0.2) is 4.98 Å². The first kappa shape index (κ1) is 28.1. The van der Waals surface area contributed by atoms with Gasteiger partial charge in [0, 0.05) is 68.4 Å². The van der Waals surface area contributed by atoms with E-state index < -0.39 is 0 Å². The van der Waals surface area contributed by atoms with Crippen LogP contribution >= 0.6 is 34.9 Å². The zero-order chi connectivity index (χ0) is 23.5. The molecule has 3 aromatic rings. The Morgan fingerprint density at radius 1 is 1.14 bits per heavy atom. The molecule has 11 heteroatoms. The molecule has 5 rings (SSSR count). The molecule has 0 aliphatic carbocycles. The van der Waals surface area contributed by atoms with Crippen molar-refractivity contribution in [2.45, 2.75) is 30.7 Å². The van der Waals surface area contributed by atoms with Crippen molar-refractivity contribution in [2.24, 2.45) is 0 Å². The van der Waals surface area contributed by atoms with Gasteiger partial charge in [-0.3, -0.25) is 4.79 Å². The Morgan fingerprint density at radius 2 is 1.94 bits per heavy atom. The number of thiazole rings is 1. The van der Waals surface area contributed by atoms with Crippen LogP contribution in [0.2, 0.25) is 5.02 Å². The Hall–Kier alpha value is -2.50. The van der Waals surface area contributed by atoms with Crippen molar-refractivity contribution in [3.8, 4) is 0 Å². The minimum Gasteiger partial charge on any atom is -0.412 e. The summed E-state index contributed by atoms with van der Waals surface area (Å²) in [5, 5.41) is 3.62. The molecule has 2 aliphatic rings. The lowest BCUT2D eigenvalue weighted by atomic mass is 10.00. The molecular weight excluding hydrogens is 518 g/mol. The number of rotatable bonds is 6. The van der Waals surface area contributed by atoms with Crippen LogP contribution < -0.4 is 14.5 Å². The SMILES string of the molecule is C[C@@H](C(=O)N1CCN(c2cccc(SNc3nccs3)c2)CC1)N1CCCc2cc(Cl)ccc21.O.O.[HH].[HH]. The second-order valence-corrected chi connectivity index (χ2v) is 10.8. The van der Waals surface area contributed by atoms with Crippen LogP contribution in [0.15, 0.2) is 58.9 Å². The zero-order valence-corrected chi connectivity index (χ0v) is 22.5. The summed E-state index contributed by atoms with van der Waals surface area (Å²) in [4.78, 5) is 25.4. The molecule has 0 radical (unpaired) electrons. The predicted molar refractivity (Wildman–Crippen MR) is 155 cm³/mol. The largest absolute Gasteiger partial charge is 0.412 e. The van der Waals surface area contributed by atoms with Crippen LogP contribution in [0, 0.1) is 0 Å². The molecule has 1 saturated heterocycles. The van der Waals surface area contributed by atoms with E-state index in [0.717, 1.165) is 66.3 Å². The van der Waals surface area contributed by atoms with Crippen LogP contribution in [-0.4, -0.2) is 65.5 Å². The van der Waals surface area contributed by atoms with Gasteiger partial charge in [-0.1, -0.05) is 17.7 Å². The van der Waals surface area contributed by atoms with Crippen molar-refractivity contribution >= 4 is 57.3 Å². The van der Waals surface area contributed by atoms with Gasteiger partial charge in [-0.2, -0.15) is 0 Å². The monoisotopic (exact) mass is 553 g/mol. The number of halogens is 1. The number of nitrogens with zero attached hydrogens (tertiary/aromatic N) is 4. The fourth-order valence-corrected chi connectivity index (χ4v) is 6.17. The molecule has 36 heavy (non-hydrogen) atoms. The van der Waals surface area contributed by atoms with Crippen LogP contribution in [-0.2, 0) is 11.2 Å². The minimum absolute atomic E-state index is 0. The molecule has 0 spiro atoms. The Kier molecular flexibility index (Phi) is 9.86. The molecule has 1 atom stereocenters. The van der Waals surface area contributed by atoms with E-state index in [1.54, 1.807) is 29.5 Å². The molecule has 1 aromatic heterocycles. The highest BCUT2D eigenvalue weighted by Crippen LogP contribution is 2.32. The van der Waals surface area contributed by atoms with Crippen molar-refractivity contribution in [2.75, 3.05) is 47.2 Å². The summed E-state index contributed by atoms with van der Waals surface area (Å²) in [6, 6.07) is 14.4. The fourth-order valence-electron chi connectivity index (χ4n) is 4.70. The number of aryl methyl sites for hydroxylation is 1. The second kappa shape index (κ2) is 12.6. The maximum absolute atomic E-state index is 13.4. The quantitative estimate of drug-likeness (QED) is 0.456. The molecule has 0 unspecified atom stereocenters. The van der Waals surface area contributed by atoms with Crippen molar-refractivity contribution in [1.82, 2.24) is 9.88 Å². The van der Waals surface area contributed by atoms with Gasteiger partial charge in [-0.15, -0.1) is 11.3 Å². The third-order valence-electron chi connectivity index (χ3n) is 6.48. The van der Waals surface area contributed by atoms with Gasteiger partial charge in [0.25, 0.3) is 0 Å². The Morgan fingerprint density at radius 3 is 2.69 bits per heavy atom. The van der Waals surface area contributed by atoms with Crippen molar-refractivity contribution in [3.05, 3.63) is 64.6 Å². The number of benzene rings is 2. The molecule has 1 amide bonds. The van der Waals surface area contributed by atoms with Crippen LogP contribution in [0.25, 0.3) is 0 Å². The van der Waals surface area contributed by atoms with E-state index >= 15 is 0 Å². The smallest absolute Gasteiger partial charge is 0.245 e. The van der Waals surface area contributed by atoms with E-state index in [1.165, 1.54) is 11.3 Å². The number of hydrogen-bond acceptors (Lipinski definition) is 7. The average Bonchev–Trinajstić information content (AvgIpc) is 3.40. The number of carbonyl (C=O) groups excluding carboxylic acids is 1. The number of piperazine rings is 1. The summed E-state index contributed by atoms with van der Waals surface area (Å²) >= 11 is 9.35. The third kappa shape index (κ3) is 6.24. The first-order valence-electron chi connectivity index (χ1n) is 11.6. The standard InChI is InChI=1S/C25H28ClN5OS2.2H2O.2H2/c1-18(31-10-3-4-19-16-20(26)7-8-23(19)31)24(32)30-13-11-29(12-14-30)21-5-2-6-22(17-21)34-28-25-27-9-15-33-25;;;;/h2,5-9,15-18H,3-4,10-14H2,1H3,(H,27,28);2*1H2;2*1H/t18-;;;;/m0..../s1. The van der Waals surface area contributed by atoms with Crippen LogP contribution in [0.3, 0.4) is 0 Å². The van der Waals surface area contributed by atoms with E-state index in [1.807, 2.05) is 29.3 Å². The normalized spacial score (nSPS) is 15.9. The zero-order valence-electron chi connectivity index (χ0n) is 20.1. The number of anilines is 3. The first-order valence-corrected chi connectivity index (χ1v) is 13.7. The lowest BCUT2D eigenvalue weighted by molar-refractivity contribution is -0.132. The number of amides is 1. The molecule has 198 valence electrons. The van der Waals surface area contributed by atoms with E-state index in [2.05, 4.69) is 49.8 Å². The van der Waals surface area contributed by atoms with Gasteiger partial charge < -0.3 is 30.4 Å². The topological polar surface area (TPSA) is 115 Å². The molecule has 2 aromatic carbocycles. The number of fused-ring (bicyclic) bond motifs is 1. The van der Waals surface area contributed by atoms with Crippen LogP contribution in [0.4, 0.5) is 16.5 Å². The number of carbonyl (C=O) groups is 1. The van der Waals surface area contributed by atoms with Crippen molar-refractivity contribution < 1.29 is 18.6 Å². The number of hydrogen-bond donors (Lipinski definition) is 1. The average molecular weight is 554 g/mol. The summed E-state index contributed by atoms with van der Waals surface area (Å²) in [5.41, 5.74) is 3.58. The van der Waals surface area contributed by atoms with Gasteiger partial charge in [0.1, 0.15) is 6.04 Å². The third-order valence-corrected chi connectivity index (χ3v) is 8.32. The van der Waals surface area contributed by atoms with E-state index in [-0.39, 0.29) is 25.8 Å². The summed E-state index contributed by atoms with van der Waals surface area (Å²) < 4.78 is 3.29. The molecule has 5 N–H and O–H groups in total. The van der Waals surface area contributed by atoms with Gasteiger partial charge in [0.15, 0.2) is 5.13 Å². The summed E-state index contributed by atoms with van der Waals surface area (Å²) in [6.45, 7) is 6.07. The molecule has 0 bridgehead atoms. The summed E-state index contributed by atoms with van der Waals surface area (Å²) in [7, 11) is 0. The van der Waals surface area contributed by atoms with Crippen molar-refractivity contribution in [1.29, 1.82) is 0 Å². The Balaban J connectivity index is 0.00000180. The second-order valence-electron chi connectivity index (χ2n) is 8.60. The molecular formula is C25H36ClN5O3S2. The van der Waals surface area contributed by atoms with Gasteiger partial charge in [0.05, 0.1) is 0 Å². The van der Waals surface area contributed by atoms with E-state index in [0.29, 0.717) is 0 Å². The predicted octanol–water partition coefficient (Wildman–Crippen LogP) is 4.25. The number of nitrogens with one attached hydrogen (secondary N) is 1. The van der Waals surface area contributed by atoms with E-state index in [9.17, 15) is 4.79 Å². The Bertz CT molecular complexity index is 1150. The maximum Gasteiger partial charge on any atom is 0.245 e. The van der Waals surface area contributed by atoms with Gasteiger partial charge >= 0.3 is 0 Å². The lowest BCUT2D eigenvalue weighted by Crippen LogP contribution is -2.55. The summed E-state index contributed by atoms with van der Waals surface area (Å²) in [6.07, 6.45) is 3.86.